The maximum absolute atomic E-state index is 11.2. The highest BCUT2D eigenvalue weighted by molar-refractivity contribution is 5.78. The minimum Gasteiger partial charge on any atom is -0.359 e. The molecule has 1 amide bonds. The third-order valence-corrected chi connectivity index (χ3v) is 1.88. The zero-order valence-electron chi connectivity index (χ0n) is 9.00. The summed E-state index contributed by atoms with van der Waals surface area (Å²) in [5.74, 6) is 0.102. The average Bonchev–Trinajstić information content (AvgIpc) is 2.01. The summed E-state index contributed by atoms with van der Waals surface area (Å²) in [5, 5.41) is 2.63. The minimum atomic E-state index is 0.0220. The molecule has 0 saturated carbocycles. The molecular weight excluding hydrogens is 166 g/mol. The van der Waals surface area contributed by atoms with Gasteiger partial charge in [0.15, 0.2) is 0 Å². The first-order valence-electron chi connectivity index (χ1n) is 4.63. The molecule has 0 bridgehead atoms. The van der Waals surface area contributed by atoms with E-state index in [0.29, 0.717) is 0 Å². The van der Waals surface area contributed by atoms with Crippen molar-refractivity contribution in [1.82, 2.24) is 10.2 Å². The fourth-order valence-corrected chi connectivity index (χ4v) is 1.36. The number of nitrogens with two attached hydrogens (primary N) is 1. The number of carbonyl (C=O) groups is 1. The summed E-state index contributed by atoms with van der Waals surface area (Å²) in [5.41, 5.74) is 5.64. The van der Waals surface area contributed by atoms with Crippen LogP contribution in [0.15, 0.2) is 0 Å². The number of nitrogens with zero attached hydrogens (tertiary/aromatic N) is 1. The maximum Gasteiger partial charge on any atom is 0.223 e. The quantitative estimate of drug-likeness (QED) is 0.618. The van der Waals surface area contributed by atoms with E-state index in [9.17, 15) is 4.79 Å². The van der Waals surface area contributed by atoms with Crippen LogP contribution in [0.2, 0.25) is 0 Å². The van der Waals surface area contributed by atoms with Crippen molar-refractivity contribution in [2.75, 3.05) is 27.2 Å². The Labute approximate surface area is 80.5 Å². The average molecular weight is 187 g/mol. The van der Waals surface area contributed by atoms with Crippen LogP contribution in [0, 0.1) is 5.92 Å². The molecule has 0 spiro atoms. The van der Waals surface area contributed by atoms with Crippen LogP contribution in [0.3, 0.4) is 0 Å². The van der Waals surface area contributed by atoms with Gasteiger partial charge in [0, 0.05) is 32.1 Å². The lowest BCUT2D eigenvalue weighted by Gasteiger charge is -2.21. The van der Waals surface area contributed by atoms with Gasteiger partial charge in [-0.25, -0.2) is 0 Å². The summed E-state index contributed by atoms with van der Waals surface area (Å²) < 4.78 is 0. The molecule has 0 radical (unpaired) electrons. The molecule has 0 aromatic carbocycles. The lowest BCUT2D eigenvalue weighted by Crippen LogP contribution is -2.39. The van der Waals surface area contributed by atoms with Crippen LogP contribution in [-0.2, 0) is 4.79 Å². The fourth-order valence-electron chi connectivity index (χ4n) is 1.36. The van der Waals surface area contributed by atoms with Crippen LogP contribution in [0.1, 0.15) is 13.8 Å². The van der Waals surface area contributed by atoms with Crippen molar-refractivity contribution in [3.8, 4) is 0 Å². The van der Waals surface area contributed by atoms with Gasteiger partial charge in [0.05, 0.1) is 0 Å². The lowest BCUT2D eigenvalue weighted by atomic mass is 10.1. The summed E-state index contributed by atoms with van der Waals surface area (Å²) in [7, 11) is 3.63. The van der Waals surface area contributed by atoms with Gasteiger partial charge in [-0.05, 0) is 14.0 Å². The van der Waals surface area contributed by atoms with Gasteiger partial charge in [-0.1, -0.05) is 6.92 Å². The number of hydrogen-bond donors (Lipinski definition) is 2. The van der Waals surface area contributed by atoms with Crippen molar-refractivity contribution in [2.45, 2.75) is 19.9 Å². The third-order valence-electron chi connectivity index (χ3n) is 1.88. The standard InChI is InChI=1S/C9H21N3O/c1-7(9(13)11-3)5-12(4)6-8(2)10/h7-8H,5-6,10H2,1-4H3,(H,11,13). The van der Waals surface area contributed by atoms with Crippen molar-refractivity contribution in [3.05, 3.63) is 0 Å². The van der Waals surface area contributed by atoms with Gasteiger partial charge in [0.1, 0.15) is 0 Å². The second-order valence-corrected chi connectivity index (χ2v) is 3.71. The van der Waals surface area contributed by atoms with E-state index in [-0.39, 0.29) is 17.9 Å². The highest BCUT2D eigenvalue weighted by atomic mass is 16.1. The third kappa shape index (κ3) is 5.60. The molecule has 0 aliphatic heterocycles. The Balaban J connectivity index is 3.77. The maximum atomic E-state index is 11.2. The molecular formula is C9H21N3O. The van der Waals surface area contributed by atoms with Gasteiger partial charge in [0.25, 0.3) is 0 Å². The number of nitrogens with one attached hydrogen (secondary N) is 1. The summed E-state index contributed by atoms with van der Waals surface area (Å²) in [6.07, 6.45) is 0. The molecule has 2 atom stereocenters. The second-order valence-electron chi connectivity index (χ2n) is 3.71. The number of carbonyl (C=O) groups excluding carboxylic acids is 1. The normalized spacial score (nSPS) is 15.5. The number of hydrogen-bond acceptors (Lipinski definition) is 3. The molecule has 0 heterocycles. The molecule has 13 heavy (non-hydrogen) atoms. The van der Waals surface area contributed by atoms with Gasteiger partial charge in [-0.2, -0.15) is 0 Å². The van der Waals surface area contributed by atoms with E-state index in [0.717, 1.165) is 13.1 Å². The summed E-state index contributed by atoms with van der Waals surface area (Å²) in [6.45, 7) is 5.44. The van der Waals surface area contributed by atoms with Crippen LogP contribution >= 0.6 is 0 Å². The topological polar surface area (TPSA) is 58.4 Å². The van der Waals surface area contributed by atoms with Gasteiger partial charge in [-0.3, -0.25) is 4.79 Å². The van der Waals surface area contributed by atoms with Gasteiger partial charge in [-0.15, -0.1) is 0 Å². The van der Waals surface area contributed by atoms with Gasteiger partial charge in [0.2, 0.25) is 5.91 Å². The Bertz CT molecular complexity index is 159. The van der Waals surface area contributed by atoms with Crippen LogP contribution in [0.4, 0.5) is 0 Å². The predicted octanol–water partition coefficient (Wildman–Crippen LogP) is -0.352. The molecule has 3 N–H and O–H groups in total. The first-order valence-corrected chi connectivity index (χ1v) is 4.63. The molecule has 0 aliphatic rings. The Morgan fingerprint density at radius 1 is 1.46 bits per heavy atom. The highest BCUT2D eigenvalue weighted by Gasteiger charge is 2.13. The Morgan fingerprint density at radius 3 is 2.38 bits per heavy atom. The zero-order chi connectivity index (χ0) is 10.4. The van der Waals surface area contributed by atoms with E-state index in [1.54, 1.807) is 7.05 Å². The van der Waals surface area contributed by atoms with E-state index in [2.05, 4.69) is 10.2 Å². The number of likely N-dealkylation sites (N-methyl/N-ethyl adjacent to an activating group) is 1. The minimum absolute atomic E-state index is 0.0220. The summed E-state index contributed by atoms with van der Waals surface area (Å²) >= 11 is 0. The zero-order valence-corrected chi connectivity index (χ0v) is 9.00. The van der Waals surface area contributed by atoms with Crippen molar-refractivity contribution >= 4 is 5.91 Å². The molecule has 2 unspecified atom stereocenters. The molecule has 0 aromatic heterocycles. The van der Waals surface area contributed by atoms with Crippen LogP contribution in [-0.4, -0.2) is 44.0 Å². The SMILES string of the molecule is CNC(=O)C(C)CN(C)CC(C)N. The largest absolute Gasteiger partial charge is 0.359 e. The second kappa shape index (κ2) is 5.94. The molecule has 4 heteroatoms. The summed E-state index contributed by atoms with van der Waals surface area (Å²) in [4.78, 5) is 13.2. The van der Waals surface area contributed by atoms with Crippen molar-refractivity contribution < 1.29 is 4.79 Å². The Morgan fingerprint density at radius 2 is 2.00 bits per heavy atom. The molecule has 0 rings (SSSR count). The monoisotopic (exact) mass is 187 g/mol. The molecule has 0 saturated heterocycles. The molecule has 4 nitrogen and oxygen atoms in total. The predicted molar refractivity (Wildman–Crippen MR) is 54.4 cm³/mol. The lowest BCUT2D eigenvalue weighted by molar-refractivity contribution is -0.124. The highest BCUT2D eigenvalue weighted by Crippen LogP contribution is 1.98. The Kier molecular flexibility index (Phi) is 5.66. The van der Waals surface area contributed by atoms with E-state index >= 15 is 0 Å². The first kappa shape index (κ1) is 12.4. The number of rotatable bonds is 5. The summed E-state index contributed by atoms with van der Waals surface area (Å²) in [6, 6.07) is 0.155. The van der Waals surface area contributed by atoms with Crippen LogP contribution in [0.25, 0.3) is 0 Å². The van der Waals surface area contributed by atoms with Gasteiger partial charge >= 0.3 is 0 Å². The van der Waals surface area contributed by atoms with Crippen LogP contribution < -0.4 is 11.1 Å². The smallest absolute Gasteiger partial charge is 0.223 e. The first-order chi connectivity index (χ1) is 5.97. The fraction of sp³-hybridized carbons (Fsp3) is 0.889. The van der Waals surface area contributed by atoms with E-state index in [1.165, 1.54) is 0 Å². The van der Waals surface area contributed by atoms with E-state index in [1.807, 2.05) is 20.9 Å². The van der Waals surface area contributed by atoms with E-state index in [4.69, 9.17) is 5.73 Å². The van der Waals surface area contributed by atoms with Crippen molar-refractivity contribution in [2.24, 2.45) is 11.7 Å². The van der Waals surface area contributed by atoms with Crippen molar-refractivity contribution in [3.63, 3.8) is 0 Å². The molecule has 78 valence electrons. The number of amides is 1. The van der Waals surface area contributed by atoms with E-state index < -0.39 is 0 Å². The van der Waals surface area contributed by atoms with Crippen molar-refractivity contribution in [1.29, 1.82) is 0 Å². The molecule has 0 aromatic rings. The molecule has 0 aliphatic carbocycles. The molecule has 0 fully saturated rings. The Hall–Kier alpha value is -0.610. The van der Waals surface area contributed by atoms with Gasteiger partial charge < -0.3 is 16.0 Å². The van der Waals surface area contributed by atoms with Crippen LogP contribution in [0.5, 0.6) is 0 Å².